The minimum absolute atomic E-state index is 0. The lowest BCUT2D eigenvalue weighted by molar-refractivity contribution is -0.913. The van der Waals surface area contributed by atoms with Gasteiger partial charge >= 0.3 is 5.95 Å². The molecule has 0 fully saturated rings. The zero-order valence-corrected chi connectivity index (χ0v) is 19.6. The Hall–Kier alpha value is -2.15. The minimum Gasteiger partial charge on any atom is -1.00 e. The third-order valence-electron chi connectivity index (χ3n) is 5.34. The van der Waals surface area contributed by atoms with Gasteiger partial charge in [-0.25, -0.2) is 9.55 Å². The normalized spacial score (nSPS) is 10.4. The third-order valence-corrected chi connectivity index (χ3v) is 5.34. The van der Waals surface area contributed by atoms with Gasteiger partial charge in [0.2, 0.25) is 0 Å². The number of fused-ring (bicyclic) bond motifs is 1. The molecule has 166 valence electrons. The van der Waals surface area contributed by atoms with E-state index < -0.39 is 0 Å². The summed E-state index contributed by atoms with van der Waals surface area (Å²) in [7, 11) is 3.38. The highest BCUT2D eigenvalue weighted by Gasteiger charge is 2.19. The van der Waals surface area contributed by atoms with Gasteiger partial charge in [-0.1, -0.05) is 12.1 Å². The molecule has 0 saturated heterocycles. The highest BCUT2D eigenvalue weighted by Crippen LogP contribution is 2.24. The third kappa shape index (κ3) is 5.94. The monoisotopic (exact) mass is 454 g/mol. The first-order chi connectivity index (χ1) is 13.7. The van der Waals surface area contributed by atoms with E-state index in [0.717, 1.165) is 54.7 Å². The van der Waals surface area contributed by atoms with Gasteiger partial charge in [-0.15, -0.1) is 0 Å². The van der Waals surface area contributed by atoms with E-state index in [-0.39, 0.29) is 24.8 Å². The van der Waals surface area contributed by atoms with Crippen LogP contribution in [0.1, 0.15) is 19.4 Å². The van der Waals surface area contributed by atoms with Crippen LogP contribution in [0.4, 0.5) is 5.95 Å². The first kappa shape index (κ1) is 25.9. The molecule has 0 bridgehead atoms. The van der Waals surface area contributed by atoms with E-state index in [0.29, 0.717) is 6.54 Å². The number of hydrogen-bond donors (Lipinski definition) is 3. The van der Waals surface area contributed by atoms with E-state index in [1.54, 1.807) is 19.1 Å². The van der Waals surface area contributed by atoms with Crippen LogP contribution in [0.25, 0.3) is 11.0 Å². The van der Waals surface area contributed by atoms with Gasteiger partial charge in [-0.3, -0.25) is 5.32 Å². The number of imidazole rings is 1. The molecule has 0 saturated carbocycles. The summed E-state index contributed by atoms with van der Waals surface area (Å²) in [4.78, 5) is 5.13. The summed E-state index contributed by atoms with van der Waals surface area (Å²) in [5.41, 5.74) is 3.41. The first-order valence-corrected chi connectivity index (χ1v) is 9.99. The first-order valence-electron chi connectivity index (χ1n) is 9.99. The Balaban J connectivity index is 0.00000225. The molecule has 0 aliphatic rings. The predicted molar refractivity (Wildman–Crippen MR) is 112 cm³/mol. The number of anilines is 1. The van der Waals surface area contributed by atoms with Crippen LogP contribution in [-0.2, 0) is 13.1 Å². The number of para-hydroxylation sites is 2. The molecular weight excluding hydrogens is 423 g/mol. The number of benzene rings is 2. The quantitative estimate of drug-likeness (QED) is 0.274. The second-order valence-electron chi connectivity index (χ2n) is 6.88. The van der Waals surface area contributed by atoms with Crippen LogP contribution in [0.3, 0.4) is 0 Å². The van der Waals surface area contributed by atoms with Crippen LogP contribution in [-0.4, -0.2) is 38.8 Å². The summed E-state index contributed by atoms with van der Waals surface area (Å²) in [6, 6.07) is 14.3. The highest BCUT2D eigenvalue weighted by atomic mass is 35.5. The summed E-state index contributed by atoms with van der Waals surface area (Å²) < 4.78 is 13.2. The topological polar surface area (TPSA) is 54.6 Å². The van der Waals surface area contributed by atoms with Crippen molar-refractivity contribution >= 4 is 17.0 Å². The Morgan fingerprint density at radius 2 is 1.73 bits per heavy atom. The Kier molecular flexibility index (Phi) is 10.8. The van der Waals surface area contributed by atoms with Gasteiger partial charge in [0, 0.05) is 5.56 Å². The molecule has 30 heavy (non-hydrogen) atoms. The largest absolute Gasteiger partial charge is 1.00 e. The SMILES string of the molecule is CC[NH+](CC)CC[n+]1c(NCc2cc(OC)ccc2OC)[nH]c2ccccc21.[Cl-].[Cl-]. The van der Waals surface area contributed by atoms with Gasteiger partial charge in [0.25, 0.3) is 0 Å². The second-order valence-corrected chi connectivity index (χ2v) is 6.88. The number of halogens is 2. The van der Waals surface area contributed by atoms with E-state index in [1.165, 1.54) is 5.52 Å². The van der Waals surface area contributed by atoms with Crippen molar-refractivity contribution in [1.82, 2.24) is 4.98 Å². The lowest BCUT2D eigenvalue weighted by Crippen LogP contribution is -3.12. The molecule has 1 aromatic heterocycles. The lowest BCUT2D eigenvalue weighted by Gasteiger charge is -2.15. The van der Waals surface area contributed by atoms with Crippen molar-refractivity contribution in [2.24, 2.45) is 0 Å². The van der Waals surface area contributed by atoms with Crippen LogP contribution in [0.5, 0.6) is 11.5 Å². The zero-order chi connectivity index (χ0) is 19.9. The highest BCUT2D eigenvalue weighted by molar-refractivity contribution is 5.72. The fourth-order valence-electron chi connectivity index (χ4n) is 3.57. The standard InChI is InChI=1S/C22H30N4O2.2ClH/c1-5-25(6-2)13-14-26-20-10-8-7-9-19(20)24-22(26)23-16-17-15-18(27-3)11-12-21(17)28-4;;/h7-12,15H,5-6,13-14,16H2,1-4H3,(H,23,24);2*1H. The second kappa shape index (κ2) is 12.5. The Bertz CT molecular complexity index is 913. The van der Waals surface area contributed by atoms with Crippen LogP contribution in [0.2, 0.25) is 0 Å². The maximum absolute atomic E-state index is 5.51. The van der Waals surface area contributed by atoms with Gasteiger partial charge in [0.15, 0.2) is 0 Å². The molecule has 0 spiro atoms. The van der Waals surface area contributed by atoms with Crippen molar-refractivity contribution in [3.05, 3.63) is 48.0 Å². The van der Waals surface area contributed by atoms with Gasteiger partial charge in [0.05, 0.1) is 33.9 Å². The van der Waals surface area contributed by atoms with E-state index in [2.05, 4.69) is 53.0 Å². The Morgan fingerprint density at radius 1 is 1.00 bits per heavy atom. The number of quaternary nitrogens is 1. The fourth-order valence-corrected chi connectivity index (χ4v) is 3.57. The average Bonchev–Trinajstić information content (AvgIpc) is 3.10. The van der Waals surface area contributed by atoms with Crippen molar-refractivity contribution in [2.45, 2.75) is 26.9 Å². The van der Waals surface area contributed by atoms with Gasteiger partial charge in [-0.05, 0) is 44.2 Å². The number of hydrogen-bond acceptors (Lipinski definition) is 3. The molecule has 1 heterocycles. The van der Waals surface area contributed by atoms with E-state index in [9.17, 15) is 0 Å². The van der Waals surface area contributed by atoms with Gasteiger partial charge < -0.3 is 39.2 Å². The predicted octanol–water partition coefficient (Wildman–Crippen LogP) is -3.98. The van der Waals surface area contributed by atoms with Crippen molar-refractivity contribution in [1.29, 1.82) is 0 Å². The van der Waals surface area contributed by atoms with Gasteiger partial charge in [-0.2, -0.15) is 0 Å². The summed E-state index contributed by atoms with van der Waals surface area (Å²) in [6.07, 6.45) is 0. The summed E-state index contributed by atoms with van der Waals surface area (Å²) in [5, 5.41) is 3.57. The molecular formula is C22H32Cl2N4O2. The van der Waals surface area contributed by atoms with E-state index in [4.69, 9.17) is 9.47 Å². The smallest absolute Gasteiger partial charge is 0.356 e. The Labute approximate surface area is 191 Å². The number of H-pyrrole nitrogens is 1. The lowest BCUT2D eigenvalue weighted by atomic mass is 10.2. The summed E-state index contributed by atoms with van der Waals surface area (Å²) in [6.45, 7) is 9.47. The molecule has 8 heteroatoms. The molecule has 3 rings (SSSR count). The van der Waals surface area contributed by atoms with Crippen molar-refractivity contribution in [3.63, 3.8) is 0 Å². The molecule has 6 nitrogen and oxygen atoms in total. The van der Waals surface area contributed by atoms with Crippen LogP contribution >= 0.6 is 0 Å². The number of ether oxygens (including phenoxy) is 2. The molecule has 0 aliphatic carbocycles. The maximum Gasteiger partial charge on any atom is 0.356 e. The van der Waals surface area contributed by atoms with E-state index >= 15 is 0 Å². The Morgan fingerprint density at radius 3 is 2.40 bits per heavy atom. The minimum atomic E-state index is 0. The van der Waals surface area contributed by atoms with Crippen molar-refractivity contribution in [3.8, 4) is 11.5 Å². The van der Waals surface area contributed by atoms with Crippen LogP contribution in [0.15, 0.2) is 42.5 Å². The molecule has 0 radical (unpaired) electrons. The molecule has 0 atom stereocenters. The van der Waals surface area contributed by atoms with E-state index in [1.807, 2.05) is 18.2 Å². The van der Waals surface area contributed by atoms with Gasteiger partial charge in [0.1, 0.15) is 35.6 Å². The fraction of sp³-hybridized carbons (Fsp3) is 0.409. The molecule has 0 aliphatic heterocycles. The van der Waals surface area contributed by atoms with Crippen molar-refractivity contribution in [2.75, 3.05) is 39.2 Å². The van der Waals surface area contributed by atoms with Crippen molar-refractivity contribution < 1.29 is 43.8 Å². The van der Waals surface area contributed by atoms with Crippen LogP contribution in [0, 0.1) is 0 Å². The van der Waals surface area contributed by atoms with Crippen LogP contribution < -0.4 is 49.1 Å². The number of aromatic nitrogens is 2. The average molecular weight is 455 g/mol. The number of nitrogens with one attached hydrogen (secondary N) is 3. The summed E-state index contributed by atoms with van der Waals surface area (Å²) >= 11 is 0. The molecule has 3 aromatic rings. The zero-order valence-electron chi connectivity index (χ0n) is 18.1. The molecule has 0 unspecified atom stereocenters. The number of methoxy groups -OCH3 is 2. The number of nitrogens with zero attached hydrogens (tertiary/aromatic N) is 1. The summed E-state index contributed by atoms with van der Waals surface area (Å²) in [5.74, 6) is 2.69. The number of likely N-dealkylation sites (N-methyl/N-ethyl adjacent to an activating group) is 1. The molecule has 2 aromatic carbocycles. The number of aromatic amines is 1. The molecule has 3 N–H and O–H groups in total. The molecule has 0 amide bonds. The maximum atomic E-state index is 5.51. The number of rotatable bonds is 10.